The van der Waals surface area contributed by atoms with E-state index in [0.717, 1.165) is 0 Å². The van der Waals surface area contributed by atoms with Crippen molar-refractivity contribution in [3.05, 3.63) is 102 Å². The molecule has 3 rings (SSSR count). The average molecular weight is 505 g/mol. The van der Waals surface area contributed by atoms with Crippen LogP contribution in [0.2, 0.25) is 0 Å². The van der Waals surface area contributed by atoms with Gasteiger partial charge in [0.2, 0.25) is 12.2 Å². The fourth-order valence-corrected chi connectivity index (χ4v) is 3.16. The average Bonchev–Trinajstić information content (AvgIpc) is 2.91. The highest BCUT2D eigenvalue weighted by molar-refractivity contribution is 6.02. The Bertz CT molecular complexity index is 1280. The maximum atomic E-state index is 13.2. The molecular weight excluding hydrogens is 482 g/mol. The Balaban J connectivity index is 1.90. The van der Waals surface area contributed by atoms with E-state index in [1.807, 2.05) is 0 Å². The van der Waals surface area contributed by atoms with E-state index in [0.29, 0.717) is 0 Å². The molecule has 0 bridgehead atoms. The smallest absolute Gasteiger partial charge is 0.349 e. The highest BCUT2D eigenvalue weighted by Gasteiger charge is 2.41. The van der Waals surface area contributed by atoms with Crippen molar-refractivity contribution in [1.29, 1.82) is 0 Å². The summed E-state index contributed by atoms with van der Waals surface area (Å²) < 4.78 is 15.3. The van der Waals surface area contributed by atoms with Crippen molar-refractivity contribution in [2.45, 2.75) is 19.1 Å². The predicted molar refractivity (Wildman–Crippen MR) is 130 cm³/mol. The van der Waals surface area contributed by atoms with Gasteiger partial charge in [-0.3, -0.25) is 4.79 Å². The minimum atomic E-state index is -2.19. The van der Waals surface area contributed by atoms with Gasteiger partial charge in [0.15, 0.2) is 0 Å². The molecule has 0 fully saturated rings. The Morgan fingerprint density at radius 2 is 1.22 bits per heavy atom. The number of hydrogen-bond donors (Lipinski definition) is 2. The number of ether oxygens (including phenoxy) is 3. The second-order valence-corrected chi connectivity index (χ2v) is 7.51. The van der Waals surface area contributed by atoms with E-state index < -0.39 is 42.0 Å². The molecule has 0 spiro atoms. The van der Waals surface area contributed by atoms with Gasteiger partial charge in [-0.1, -0.05) is 42.5 Å². The van der Waals surface area contributed by atoms with Crippen LogP contribution in [-0.2, 0) is 23.8 Å². The zero-order valence-corrected chi connectivity index (χ0v) is 19.7. The van der Waals surface area contributed by atoms with Gasteiger partial charge in [-0.15, -0.1) is 0 Å². The number of amides is 1. The maximum absolute atomic E-state index is 13.2. The standard InChI is InChI=1S/C27H23NO9/c1-2-35-25(32)19-14-9-15-20(16-19)28-23(29)21(36-26(33)17-10-5-3-6-11-17)22(24(30)31)37-27(34)18-12-7-4-8-13-18/h3-16,21-22H,2H2,1H3,(H,28,29)(H,30,31)/t21-,22-/m0/s1. The van der Waals surface area contributed by atoms with Crippen LogP contribution in [0.25, 0.3) is 0 Å². The normalized spacial score (nSPS) is 11.9. The molecule has 0 unspecified atom stereocenters. The summed E-state index contributed by atoms with van der Waals surface area (Å²) in [5.74, 6) is -5.50. The van der Waals surface area contributed by atoms with Crippen molar-refractivity contribution in [3.63, 3.8) is 0 Å². The molecule has 0 aliphatic carbocycles. The molecule has 0 aliphatic heterocycles. The van der Waals surface area contributed by atoms with Crippen LogP contribution in [0.3, 0.4) is 0 Å². The van der Waals surface area contributed by atoms with Gasteiger partial charge in [-0.2, -0.15) is 0 Å². The van der Waals surface area contributed by atoms with Crippen molar-refractivity contribution in [3.8, 4) is 0 Å². The Hall–Kier alpha value is -4.99. The monoisotopic (exact) mass is 505 g/mol. The molecule has 1 amide bonds. The van der Waals surface area contributed by atoms with Gasteiger partial charge in [0.1, 0.15) is 0 Å². The molecule has 2 N–H and O–H groups in total. The van der Waals surface area contributed by atoms with Crippen LogP contribution in [0.5, 0.6) is 0 Å². The fraction of sp³-hybridized carbons (Fsp3) is 0.148. The Morgan fingerprint density at radius 1 is 0.703 bits per heavy atom. The minimum absolute atomic E-state index is 0.0319. The number of carboxylic acid groups (broad SMARTS) is 1. The number of carbonyl (C=O) groups is 5. The molecule has 0 radical (unpaired) electrons. The van der Waals surface area contributed by atoms with Crippen molar-refractivity contribution in [1.82, 2.24) is 0 Å². The third-order valence-corrected chi connectivity index (χ3v) is 4.91. The largest absolute Gasteiger partial charge is 0.478 e. The molecule has 0 aliphatic rings. The maximum Gasteiger partial charge on any atom is 0.349 e. The third kappa shape index (κ3) is 7.25. The Morgan fingerprint density at radius 3 is 1.73 bits per heavy atom. The molecule has 0 saturated carbocycles. The van der Waals surface area contributed by atoms with Gasteiger partial charge in [0.05, 0.1) is 23.3 Å². The summed E-state index contributed by atoms with van der Waals surface area (Å²) in [7, 11) is 0. The quantitative estimate of drug-likeness (QED) is 0.313. The molecule has 190 valence electrons. The molecule has 0 saturated heterocycles. The summed E-state index contributed by atoms with van der Waals surface area (Å²) in [4.78, 5) is 62.6. The first-order valence-electron chi connectivity index (χ1n) is 11.1. The van der Waals surface area contributed by atoms with E-state index >= 15 is 0 Å². The van der Waals surface area contributed by atoms with Crippen LogP contribution in [0.4, 0.5) is 5.69 Å². The van der Waals surface area contributed by atoms with Gasteiger partial charge in [0.25, 0.3) is 5.91 Å². The summed E-state index contributed by atoms with van der Waals surface area (Å²) in [6, 6.07) is 20.8. The van der Waals surface area contributed by atoms with Gasteiger partial charge in [-0.05, 0) is 49.4 Å². The Kier molecular flexibility index (Phi) is 9.09. The molecule has 3 aromatic carbocycles. The van der Waals surface area contributed by atoms with Gasteiger partial charge in [-0.25, -0.2) is 19.2 Å². The number of anilines is 1. The van der Waals surface area contributed by atoms with Crippen LogP contribution in [-0.4, -0.2) is 53.7 Å². The van der Waals surface area contributed by atoms with Gasteiger partial charge in [0, 0.05) is 5.69 Å². The summed E-state index contributed by atoms with van der Waals surface area (Å²) in [6.07, 6.45) is -4.27. The van der Waals surface area contributed by atoms with E-state index in [4.69, 9.17) is 14.2 Å². The van der Waals surface area contributed by atoms with Crippen molar-refractivity contribution in [2.24, 2.45) is 0 Å². The van der Waals surface area contributed by atoms with Crippen molar-refractivity contribution >= 4 is 35.5 Å². The second kappa shape index (κ2) is 12.6. The number of carboxylic acids is 1. The van der Waals surface area contributed by atoms with Crippen LogP contribution in [0.1, 0.15) is 38.0 Å². The minimum Gasteiger partial charge on any atom is -0.478 e. The molecule has 2 atom stereocenters. The molecule has 10 heteroatoms. The lowest BCUT2D eigenvalue weighted by Gasteiger charge is -2.23. The summed E-state index contributed by atoms with van der Waals surface area (Å²) in [5, 5.41) is 12.2. The summed E-state index contributed by atoms with van der Waals surface area (Å²) >= 11 is 0. The first-order chi connectivity index (χ1) is 17.8. The topological polar surface area (TPSA) is 145 Å². The van der Waals surface area contributed by atoms with Crippen LogP contribution in [0, 0.1) is 0 Å². The Labute approximate surface area is 211 Å². The molecular formula is C27H23NO9. The molecule has 37 heavy (non-hydrogen) atoms. The number of carbonyl (C=O) groups excluding carboxylic acids is 4. The van der Waals surface area contributed by atoms with E-state index in [2.05, 4.69) is 5.32 Å². The van der Waals surface area contributed by atoms with Crippen molar-refractivity contribution in [2.75, 3.05) is 11.9 Å². The molecule has 10 nitrogen and oxygen atoms in total. The zero-order valence-electron chi connectivity index (χ0n) is 19.7. The first kappa shape index (κ1) is 26.6. The molecule has 3 aromatic rings. The van der Waals surface area contributed by atoms with E-state index in [9.17, 15) is 29.1 Å². The van der Waals surface area contributed by atoms with Crippen LogP contribution in [0.15, 0.2) is 84.9 Å². The number of esters is 3. The van der Waals surface area contributed by atoms with E-state index in [1.54, 1.807) is 43.3 Å². The van der Waals surface area contributed by atoms with E-state index in [-0.39, 0.29) is 29.0 Å². The first-order valence-corrected chi connectivity index (χ1v) is 11.1. The number of nitrogens with one attached hydrogen (secondary N) is 1. The SMILES string of the molecule is CCOC(=O)c1cccc(NC(=O)[C@@H](OC(=O)c2ccccc2)[C@H](OC(=O)c2ccccc2)C(=O)O)c1. The number of rotatable bonds is 10. The number of hydrogen-bond acceptors (Lipinski definition) is 8. The third-order valence-electron chi connectivity index (χ3n) is 4.91. The number of aliphatic carboxylic acids is 1. The van der Waals surface area contributed by atoms with Gasteiger partial charge < -0.3 is 24.6 Å². The summed E-state index contributed by atoms with van der Waals surface area (Å²) in [6.45, 7) is 1.78. The second-order valence-electron chi connectivity index (χ2n) is 7.51. The predicted octanol–water partition coefficient (Wildman–Crippen LogP) is 3.34. The van der Waals surface area contributed by atoms with Crippen LogP contribution >= 0.6 is 0 Å². The lowest BCUT2D eigenvalue weighted by Crippen LogP contribution is -2.48. The lowest BCUT2D eigenvalue weighted by atomic mass is 10.1. The zero-order chi connectivity index (χ0) is 26.8. The fourth-order valence-electron chi connectivity index (χ4n) is 3.16. The lowest BCUT2D eigenvalue weighted by molar-refractivity contribution is -0.157. The highest BCUT2D eigenvalue weighted by Crippen LogP contribution is 2.17. The summed E-state index contributed by atoms with van der Waals surface area (Å²) in [5.41, 5.74) is 0.296. The molecule has 0 aromatic heterocycles. The highest BCUT2D eigenvalue weighted by atomic mass is 16.6. The van der Waals surface area contributed by atoms with Gasteiger partial charge >= 0.3 is 23.9 Å². The van der Waals surface area contributed by atoms with Crippen molar-refractivity contribution < 1.29 is 43.3 Å². The molecule has 0 heterocycles. The van der Waals surface area contributed by atoms with E-state index in [1.165, 1.54) is 48.5 Å². The number of benzene rings is 3. The van der Waals surface area contributed by atoms with Crippen LogP contribution < -0.4 is 5.32 Å².